The molecule has 4 aliphatic carbocycles. The van der Waals surface area contributed by atoms with Crippen LogP contribution in [0.4, 0.5) is 0 Å². The van der Waals surface area contributed by atoms with Crippen molar-refractivity contribution < 1.29 is 19.7 Å². The zero-order chi connectivity index (χ0) is 29.4. The lowest BCUT2D eigenvalue weighted by Gasteiger charge is -2.44. The molecule has 0 bridgehead atoms. The van der Waals surface area contributed by atoms with E-state index in [1.165, 1.54) is 43.9 Å². The van der Waals surface area contributed by atoms with E-state index in [0.29, 0.717) is 30.6 Å². The molecule has 0 spiro atoms. The molecule has 0 radical (unpaired) electrons. The number of aliphatic hydroxyl groups is 2. The molecule has 0 amide bonds. The minimum Gasteiger partial charge on any atom is -0.461 e. The number of nitrogens with one attached hydrogen (secondary N) is 1. The fraction of sp³-hybridized carbons (Fsp3) is 0.714. The Balaban J connectivity index is 1.27. The summed E-state index contributed by atoms with van der Waals surface area (Å²) in [5, 5.41) is 20.4. The van der Waals surface area contributed by atoms with Gasteiger partial charge in [0.1, 0.15) is 11.9 Å². The van der Waals surface area contributed by atoms with E-state index in [2.05, 4.69) is 44.5 Å². The van der Waals surface area contributed by atoms with Crippen molar-refractivity contribution in [1.82, 2.24) is 9.97 Å². The van der Waals surface area contributed by atoms with Gasteiger partial charge in [0.25, 0.3) is 0 Å². The number of aromatic nitrogens is 2. The number of rotatable bonds is 10. The molecule has 41 heavy (non-hydrogen) atoms. The number of nitrogens with zero attached hydrogens (tertiary/aromatic N) is 1. The number of aryl methyl sites for hydroxylation is 1. The molecule has 4 aliphatic rings. The minimum atomic E-state index is -0.645. The fourth-order valence-corrected chi connectivity index (χ4v) is 8.80. The molecular formula is C35H52N2O4. The molecule has 1 aromatic rings. The second kappa shape index (κ2) is 12.2. The third-order valence-electron chi connectivity index (χ3n) is 11.2. The lowest BCUT2D eigenvalue weighted by molar-refractivity contribution is -0.149. The van der Waals surface area contributed by atoms with Gasteiger partial charge in [-0.3, -0.25) is 4.79 Å². The summed E-state index contributed by atoms with van der Waals surface area (Å²) in [6.45, 7) is 12.7. The van der Waals surface area contributed by atoms with Gasteiger partial charge in [-0.1, -0.05) is 51.5 Å². The van der Waals surface area contributed by atoms with Crippen LogP contribution in [0.3, 0.4) is 0 Å². The maximum Gasteiger partial charge on any atom is 0.302 e. The van der Waals surface area contributed by atoms with Crippen molar-refractivity contribution in [2.45, 2.75) is 135 Å². The van der Waals surface area contributed by atoms with E-state index in [9.17, 15) is 15.0 Å². The predicted octanol–water partition coefficient (Wildman–Crippen LogP) is 6.88. The van der Waals surface area contributed by atoms with Crippen molar-refractivity contribution in [3.63, 3.8) is 0 Å². The van der Waals surface area contributed by atoms with Gasteiger partial charge in [-0.05, 0) is 105 Å². The van der Waals surface area contributed by atoms with Crippen LogP contribution in [-0.2, 0) is 21.4 Å². The predicted molar refractivity (Wildman–Crippen MR) is 162 cm³/mol. The number of hydrogen-bond donors (Lipinski definition) is 3. The summed E-state index contributed by atoms with van der Waals surface area (Å²) < 4.78 is 6.02. The number of esters is 1. The SMILES string of the molecule is C=C1C(=CC=C2CCC[C@]3(C)[C@@H]([C@H](C)CC[C@@H](OC(C)=O)C4(c5ncc(CCC)[nH]5)CC4)CC[C@@H]23)C[C@@H](O)C[C@@H]1O. The molecule has 1 aromatic heterocycles. The van der Waals surface area contributed by atoms with Crippen LogP contribution in [0.25, 0.3) is 0 Å². The van der Waals surface area contributed by atoms with Gasteiger partial charge in [-0.2, -0.15) is 0 Å². The molecule has 1 heterocycles. The number of hydrogen-bond acceptors (Lipinski definition) is 5. The fourth-order valence-electron chi connectivity index (χ4n) is 8.80. The summed E-state index contributed by atoms with van der Waals surface area (Å²) in [6.07, 6.45) is 18.2. The van der Waals surface area contributed by atoms with Gasteiger partial charge in [0.15, 0.2) is 0 Å². The van der Waals surface area contributed by atoms with Gasteiger partial charge in [0.2, 0.25) is 0 Å². The van der Waals surface area contributed by atoms with E-state index in [1.54, 1.807) is 0 Å². The monoisotopic (exact) mass is 564 g/mol. The van der Waals surface area contributed by atoms with Crippen molar-refractivity contribution in [2.75, 3.05) is 0 Å². The highest BCUT2D eigenvalue weighted by atomic mass is 16.5. The van der Waals surface area contributed by atoms with E-state index < -0.39 is 12.2 Å². The van der Waals surface area contributed by atoms with Crippen molar-refractivity contribution in [3.05, 3.63) is 53.2 Å². The maximum atomic E-state index is 12.2. The molecule has 6 nitrogen and oxygen atoms in total. The summed E-state index contributed by atoms with van der Waals surface area (Å²) in [4.78, 5) is 20.5. The summed E-state index contributed by atoms with van der Waals surface area (Å²) in [5.74, 6) is 2.58. The molecule has 7 atom stereocenters. The van der Waals surface area contributed by atoms with Crippen LogP contribution in [0, 0.1) is 23.2 Å². The molecule has 6 heteroatoms. The highest BCUT2D eigenvalue weighted by Crippen LogP contribution is 2.60. The zero-order valence-electron chi connectivity index (χ0n) is 25.8. The quantitative estimate of drug-likeness (QED) is 0.269. The van der Waals surface area contributed by atoms with Crippen LogP contribution < -0.4 is 0 Å². The van der Waals surface area contributed by atoms with E-state index in [0.717, 1.165) is 61.9 Å². The molecule has 4 saturated carbocycles. The maximum absolute atomic E-state index is 12.2. The smallest absolute Gasteiger partial charge is 0.302 e. The molecular weight excluding hydrogens is 512 g/mol. The second-order valence-electron chi connectivity index (χ2n) is 14.0. The van der Waals surface area contributed by atoms with Crippen LogP contribution in [-0.4, -0.2) is 44.5 Å². The molecule has 0 saturated heterocycles. The molecule has 0 aromatic carbocycles. The van der Waals surface area contributed by atoms with Crippen LogP contribution in [0.1, 0.15) is 116 Å². The number of ether oxygens (including phenoxy) is 1. The van der Waals surface area contributed by atoms with Crippen molar-refractivity contribution >= 4 is 5.97 Å². The Kier molecular flexibility index (Phi) is 9.01. The van der Waals surface area contributed by atoms with Gasteiger partial charge in [-0.15, -0.1) is 0 Å². The van der Waals surface area contributed by atoms with Crippen molar-refractivity contribution in [2.24, 2.45) is 23.2 Å². The number of H-pyrrole nitrogens is 1. The number of aromatic amines is 1. The first kappa shape index (κ1) is 30.3. The van der Waals surface area contributed by atoms with Crippen LogP contribution in [0.5, 0.6) is 0 Å². The van der Waals surface area contributed by atoms with Gasteiger partial charge < -0.3 is 19.9 Å². The summed E-state index contributed by atoms with van der Waals surface area (Å²) in [6, 6.07) is 0. The largest absolute Gasteiger partial charge is 0.461 e. The van der Waals surface area contributed by atoms with Crippen molar-refractivity contribution in [3.8, 4) is 0 Å². The number of aliphatic hydroxyl groups excluding tert-OH is 2. The lowest BCUT2D eigenvalue weighted by Crippen LogP contribution is -2.37. The van der Waals surface area contributed by atoms with E-state index in [-0.39, 0.29) is 22.9 Å². The first-order chi connectivity index (χ1) is 19.6. The van der Waals surface area contributed by atoms with E-state index in [4.69, 9.17) is 9.72 Å². The summed E-state index contributed by atoms with van der Waals surface area (Å²) in [5.41, 5.74) is 4.56. The number of imidazole rings is 1. The first-order valence-corrected chi connectivity index (χ1v) is 16.2. The Morgan fingerprint density at radius 1 is 1.24 bits per heavy atom. The Morgan fingerprint density at radius 3 is 2.73 bits per heavy atom. The van der Waals surface area contributed by atoms with Gasteiger partial charge in [-0.25, -0.2) is 4.98 Å². The topological polar surface area (TPSA) is 95.4 Å². The standard InChI is InChI=1S/C35H52N2O4/c1-6-8-27-21-36-33(37-27)35(17-18-35)32(41-24(4)38)15-10-22(2)29-13-14-30-25(9-7-16-34(29,30)5)11-12-26-19-28(39)20-31(40)23(26)3/h11-12,21-22,28-32,39-40H,3,6-10,13-20H2,1-2,4-5H3,(H,36,37)/t22-,28-,29-,30+,31+,32-,34-/m1/s1. The first-order valence-electron chi connectivity index (χ1n) is 16.2. The Morgan fingerprint density at radius 2 is 2.02 bits per heavy atom. The van der Waals surface area contributed by atoms with Crippen LogP contribution in [0.2, 0.25) is 0 Å². The van der Waals surface area contributed by atoms with Crippen LogP contribution in [0.15, 0.2) is 41.6 Å². The van der Waals surface area contributed by atoms with Crippen molar-refractivity contribution in [1.29, 1.82) is 0 Å². The average molecular weight is 565 g/mol. The number of allylic oxidation sites excluding steroid dienone is 3. The number of carbonyl (C=O) groups is 1. The second-order valence-corrected chi connectivity index (χ2v) is 14.0. The average Bonchev–Trinajstić information content (AvgIpc) is 3.45. The molecule has 0 aliphatic heterocycles. The Labute approximate surface area is 246 Å². The van der Waals surface area contributed by atoms with E-state index >= 15 is 0 Å². The minimum absolute atomic E-state index is 0.129. The normalized spacial score (nSPS) is 34.4. The van der Waals surface area contributed by atoms with Crippen LogP contribution >= 0.6 is 0 Å². The zero-order valence-corrected chi connectivity index (χ0v) is 25.8. The Bertz CT molecular complexity index is 1180. The number of carbonyl (C=O) groups excluding carboxylic acids is 1. The summed E-state index contributed by atoms with van der Waals surface area (Å²) >= 11 is 0. The molecule has 3 N–H and O–H groups in total. The highest BCUT2D eigenvalue weighted by molar-refractivity contribution is 5.66. The molecule has 226 valence electrons. The lowest BCUT2D eigenvalue weighted by atomic mass is 9.60. The van der Waals surface area contributed by atoms with Gasteiger partial charge >= 0.3 is 5.97 Å². The highest BCUT2D eigenvalue weighted by Gasteiger charge is 2.55. The van der Waals surface area contributed by atoms with Gasteiger partial charge in [0, 0.05) is 25.2 Å². The van der Waals surface area contributed by atoms with E-state index in [1.807, 2.05) is 6.20 Å². The Hall–Kier alpha value is -2.18. The molecule has 4 fully saturated rings. The molecule has 5 rings (SSSR count). The third-order valence-corrected chi connectivity index (χ3v) is 11.2. The third kappa shape index (κ3) is 6.15. The molecule has 0 unspecified atom stereocenters. The van der Waals surface area contributed by atoms with Gasteiger partial charge in [0.05, 0.1) is 17.6 Å². The number of fused-ring (bicyclic) bond motifs is 1. The summed E-state index contributed by atoms with van der Waals surface area (Å²) in [7, 11) is 0.